The maximum atomic E-state index is 12.7. The van der Waals surface area contributed by atoms with Crippen molar-refractivity contribution in [1.82, 2.24) is 4.57 Å². The molecule has 3 aromatic carbocycles. The van der Waals surface area contributed by atoms with E-state index in [1.165, 1.54) is 12.1 Å². The maximum absolute atomic E-state index is 12.7. The van der Waals surface area contributed by atoms with E-state index in [9.17, 15) is 20.2 Å². The van der Waals surface area contributed by atoms with E-state index in [4.69, 9.17) is 14.2 Å². The molecule has 1 aromatic heterocycles. The van der Waals surface area contributed by atoms with Gasteiger partial charge in [0.25, 0.3) is 5.69 Å². The number of nitriles is 1. The molecule has 0 aliphatic carbocycles. The number of hydrogen-bond donors (Lipinski definition) is 0. The third-order valence-corrected chi connectivity index (χ3v) is 6.30. The summed E-state index contributed by atoms with van der Waals surface area (Å²) < 4.78 is 19.1. The summed E-state index contributed by atoms with van der Waals surface area (Å²) in [7, 11) is 0. The lowest BCUT2D eigenvalue weighted by atomic mass is 9.82. The molecule has 190 valence electrons. The molecule has 38 heavy (non-hydrogen) atoms. The van der Waals surface area contributed by atoms with Gasteiger partial charge in [0.1, 0.15) is 28.7 Å². The van der Waals surface area contributed by atoms with Crippen LogP contribution in [0.25, 0.3) is 16.7 Å². The number of benzene rings is 3. The molecule has 1 atom stereocenters. The lowest BCUT2D eigenvalue weighted by molar-refractivity contribution is -0.384. The average Bonchev–Trinajstić information content (AvgIpc) is 3.47. The van der Waals surface area contributed by atoms with Gasteiger partial charge < -0.3 is 14.2 Å². The van der Waals surface area contributed by atoms with Crippen LogP contribution in [0.15, 0.2) is 78.6 Å². The molecule has 0 saturated heterocycles. The van der Waals surface area contributed by atoms with Crippen molar-refractivity contribution >= 4 is 28.3 Å². The van der Waals surface area contributed by atoms with Crippen molar-refractivity contribution in [2.24, 2.45) is 0 Å². The Morgan fingerprint density at radius 1 is 1.11 bits per heavy atom. The predicted molar refractivity (Wildman–Crippen MR) is 140 cm³/mol. The van der Waals surface area contributed by atoms with Crippen LogP contribution in [-0.2, 0) is 4.74 Å². The van der Waals surface area contributed by atoms with E-state index in [-0.39, 0.29) is 12.3 Å². The van der Waals surface area contributed by atoms with Gasteiger partial charge in [-0.05, 0) is 49.1 Å². The van der Waals surface area contributed by atoms with Gasteiger partial charge in [0.05, 0.1) is 24.1 Å². The molecule has 4 aromatic rings. The normalized spacial score (nSPS) is 14.4. The maximum Gasteiger partial charge on any atom is 0.341 e. The highest BCUT2D eigenvalue weighted by molar-refractivity contribution is 6.01. The second kappa shape index (κ2) is 10.1. The minimum atomic E-state index is -0.634. The Balaban J connectivity index is 1.79. The van der Waals surface area contributed by atoms with Crippen molar-refractivity contribution in [2.45, 2.75) is 19.8 Å². The molecule has 1 aliphatic rings. The van der Waals surface area contributed by atoms with Gasteiger partial charge >= 0.3 is 5.97 Å². The Hall–Kier alpha value is -5.10. The predicted octanol–water partition coefficient (Wildman–Crippen LogP) is 6.04. The molecule has 0 radical (unpaired) electrons. The molecular weight excluding hydrogens is 486 g/mol. The number of rotatable bonds is 7. The molecule has 0 bridgehead atoms. The van der Waals surface area contributed by atoms with E-state index < -0.39 is 16.8 Å². The van der Waals surface area contributed by atoms with E-state index in [1.54, 1.807) is 48.1 Å². The molecular formula is C29H23N3O6. The van der Waals surface area contributed by atoms with Crippen LogP contribution >= 0.6 is 0 Å². The molecule has 0 fully saturated rings. The molecule has 0 amide bonds. The number of nitro groups is 1. The summed E-state index contributed by atoms with van der Waals surface area (Å²) in [6, 6.07) is 19.2. The number of nitrogens with zero attached hydrogens (tertiary/aromatic N) is 3. The minimum Gasteiger partial charge on any atom is -0.493 e. The van der Waals surface area contributed by atoms with E-state index >= 15 is 0 Å². The van der Waals surface area contributed by atoms with Crippen molar-refractivity contribution in [3.63, 3.8) is 0 Å². The summed E-state index contributed by atoms with van der Waals surface area (Å²) in [5, 5.41) is 23.2. The highest BCUT2D eigenvalue weighted by Gasteiger charge is 2.34. The number of non-ortho nitro benzene ring substituents is 1. The molecule has 0 spiro atoms. The van der Waals surface area contributed by atoms with Crippen LogP contribution in [0.5, 0.6) is 11.5 Å². The van der Waals surface area contributed by atoms with Gasteiger partial charge in [0, 0.05) is 35.5 Å². The highest BCUT2D eigenvalue weighted by atomic mass is 16.6. The number of nitro benzene ring substituents is 1. The fraction of sp³-hybridized carbons (Fsp3) is 0.172. The molecule has 2 heterocycles. The van der Waals surface area contributed by atoms with E-state index in [0.717, 1.165) is 0 Å². The number of fused-ring (bicyclic) bond motifs is 3. The zero-order valence-electron chi connectivity index (χ0n) is 20.7. The Kier molecular flexibility index (Phi) is 6.54. The second-order valence-corrected chi connectivity index (χ2v) is 8.52. The third kappa shape index (κ3) is 4.22. The van der Waals surface area contributed by atoms with Crippen molar-refractivity contribution in [3.8, 4) is 17.6 Å². The van der Waals surface area contributed by atoms with Gasteiger partial charge in [-0.15, -0.1) is 0 Å². The van der Waals surface area contributed by atoms with Gasteiger partial charge in [-0.25, -0.2) is 4.79 Å². The van der Waals surface area contributed by atoms with Gasteiger partial charge in [-0.1, -0.05) is 24.3 Å². The number of carbonyl (C=O) groups excluding carboxylic acids is 1. The molecule has 0 N–H and O–H groups in total. The quantitative estimate of drug-likeness (QED) is 0.169. The smallest absolute Gasteiger partial charge is 0.341 e. The topological polar surface area (TPSA) is 117 Å². The number of aromatic nitrogens is 1. The summed E-state index contributed by atoms with van der Waals surface area (Å²) in [6.07, 6.45) is 3.52. The number of ether oxygens (including phenoxy) is 3. The third-order valence-electron chi connectivity index (χ3n) is 6.30. The van der Waals surface area contributed by atoms with Crippen LogP contribution < -0.4 is 9.47 Å². The summed E-state index contributed by atoms with van der Waals surface area (Å²) in [5.41, 5.74) is 1.77. The first kappa shape index (κ1) is 24.6. The highest BCUT2D eigenvalue weighted by Crippen LogP contribution is 2.48. The number of esters is 1. The second-order valence-electron chi connectivity index (χ2n) is 8.52. The van der Waals surface area contributed by atoms with Crippen LogP contribution in [0.4, 0.5) is 5.69 Å². The Morgan fingerprint density at radius 3 is 2.58 bits per heavy atom. The summed E-state index contributed by atoms with van der Waals surface area (Å²) >= 11 is 0. The molecule has 1 unspecified atom stereocenters. The number of hydrogen-bond acceptors (Lipinski definition) is 7. The average molecular weight is 510 g/mol. The molecule has 0 saturated carbocycles. The lowest BCUT2D eigenvalue weighted by Gasteiger charge is -2.29. The van der Waals surface area contributed by atoms with Crippen LogP contribution in [-0.4, -0.2) is 28.7 Å². The fourth-order valence-electron chi connectivity index (χ4n) is 4.70. The van der Waals surface area contributed by atoms with Crippen molar-refractivity contribution in [1.29, 1.82) is 5.26 Å². The molecule has 1 aliphatic heterocycles. The van der Waals surface area contributed by atoms with Gasteiger partial charge in [-0.3, -0.25) is 14.7 Å². The van der Waals surface area contributed by atoms with Crippen LogP contribution in [0.2, 0.25) is 0 Å². The van der Waals surface area contributed by atoms with E-state index in [0.29, 0.717) is 57.0 Å². The van der Waals surface area contributed by atoms with Gasteiger partial charge in [0.15, 0.2) is 0 Å². The van der Waals surface area contributed by atoms with Crippen molar-refractivity contribution < 1.29 is 23.9 Å². The zero-order chi connectivity index (χ0) is 26.8. The number of allylic oxidation sites excluding steroid dienone is 1. The number of carbonyl (C=O) groups is 1. The van der Waals surface area contributed by atoms with Crippen molar-refractivity contribution in [2.75, 3.05) is 13.2 Å². The molecule has 9 nitrogen and oxygen atoms in total. The van der Waals surface area contributed by atoms with E-state index in [2.05, 4.69) is 6.07 Å². The Bertz CT molecular complexity index is 1630. The summed E-state index contributed by atoms with van der Waals surface area (Å²) in [4.78, 5) is 23.7. The Labute approximate surface area is 218 Å². The summed E-state index contributed by atoms with van der Waals surface area (Å²) in [5.74, 6) is -0.0178. The zero-order valence-corrected chi connectivity index (χ0v) is 20.7. The van der Waals surface area contributed by atoms with Gasteiger partial charge in [-0.2, -0.15) is 5.26 Å². The minimum absolute atomic E-state index is 0.0751. The van der Waals surface area contributed by atoms with Crippen LogP contribution in [0, 0.1) is 21.4 Å². The van der Waals surface area contributed by atoms with E-state index in [1.807, 2.05) is 31.2 Å². The SMILES string of the molecule is CCOC(=O)c1cc2ccc3c(c2cc1OCC)OC(n1cccc1)=C(C#N)C3c1cccc([N+](=O)[O-])c1. The van der Waals surface area contributed by atoms with Crippen LogP contribution in [0.1, 0.15) is 41.3 Å². The summed E-state index contributed by atoms with van der Waals surface area (Å²) in [6.45, 7) is 4.11. The monoisotopic (exact) mass is 509 g/mol. The first-order valence-electron chi connectivity index (χ1n) is 12.1. The Morgan fingerprint density at radius 2 is 1.89 bits per heavy atom. The molecule has 5 rings (SSSR count). The molecule has 9 heteroatoms. The largest absolute Gasteiger partial charge is 0.493 e. The van der Waals surface area contributed by atoms with Crippen molar-refractivity contribution in [3.05, 3.63) is 105 Å². The first-order valence-corrected chi connectivity index (χ1v) is 12.1. The lowest BCUT2D eigenvalue weighted by Crippen LogP contribution is -2.19. The standard InChI is InChI=1S/C29H23N3O6/c1-3-36-25-16-22-18(15-23(25)29(33)37-4-2)10-11-21-26(19-8-7-9-20(14-19)32(34)35)24(17-30)28(38-27(21)22)31-12-5-6-13-31/h5-16,26H,3-4H2,1-2H3. The van der Waals surface area contributed by atoms with Gasteiger partial charge in [0.2, 0.25) is 5.88 Å². The fourth-order valence-corrected chi connectivity index (χ4v) is 4.70. The first-order chi connectivity index (χ1) is 18.5. The van der Waals surface area contributed by atoms with Crippen LogP contribution in [0.3, 0.4) is 0 Å².